The van der Waals surface area contributed by atoms with Gasteiger partial charge in [0.05, 0.1) is 0 Å². The maximum absolute atomic E-state index is 2.46. The fraction of sp³-hybridized carbons (Fsp3) is 1.00. The number of halogens is 1. The first-order valence-electron chi connectivity index (χ1n) is 3.57. The summed E-state index contributed by atoms with van der Waals surface area (Å²) in [5.74, 6) is 0. The Balaban J connectivity index is 3.31. The Morgan fingerprint density at radius 1 is 1.33 bits per heavy atom. The first kappa shape index (κ1) is 9.69. The van der Waals surface area contributed by atoms with Crippen LogP contribution < -0.4 is 0 Å². The Bertz CT molecular complexity index is 59.9. The monoisotopic (exact) mass is 241 g/mol. The van der Waals surface area contributed by atoms with Gasteiger partial charge in [-0.1, -0.05) is 43.4 Å². The van der Waals surface area contributed by atoms with Crippen molar-refractivity contribution >= 4 is 22.6 Å². The van der Waals surface area contributed by atoms with Crippen LogP contribution in [-0.4, -0.2) is 28.5 Å². The van der Waals surface area contributed by atoms with E-state index in [1.54, 1.807) is 0 Å². The molecule has 0 N–H and O–H groups in total. The van der Waals surface area contributed by atoms with E-state index in [0.29, 0.717) is 0 Å². The minimum absolute atomic E-state index is 0.780. The highest BCUT2D eigenvalue weighted by atomic mass is 127. The maximum atomic E-state index is 2.46. The van der Waals surface area contributed by atoms with Crippen LogP contribution in [0.4, 0.5) is 0 Å². The van der Waals surface area contributed by atoms with E-state index in [2.05, 4.69) is 48.3 Å². The number of hydrogen-bond acceptors (Lipinski definition) is 1. The van der Waals surface area contributed by atoms with Crippen LogP contribution in [0.1, 0.15) is 20.8 Å². The van der Waals surface area contributed by atoms with Gasteiger partial charge >= 0.3 is 0 Å². The van der Waals surface area contributed by atoms with E-state index >= 15 is 0 Å². The molecular formula is C7H16IN. The summed E-state index contributed by atoms with van der Waals surface area (Å²) in [5.41, 5.74) is 0. The van der Waals surface area contributed by atoms with Crippen molar-refractivity contribution in [3.8, 4) is 0 Å². The molecule has 56 valence electrons. The lowest BCUT2D eigenvalue weighted by molar-refractivity contribution is 0.311. The summed E-state index contributed by atoms with van der Waals surface area (Å²) in [6, 6.07) is 0. The van der Waals surface area contributed by atoms with Gasteiger partial charge in [0.25, 0.3) is 0 Å². The van der Waals surface area contributed by atoms with Crippen LogP contribution >= 0.6 is 22.6 Å². The molecule has 1 nitrogen and oxygen atoms in total. The molecule has 0 aliphatic heterocycles. The first-order chi connectivity index (χ1) is 4.20. The van der Waals surface area contributed by atoms with E-state index in [-0.39, 0.29) is 0 Å². The maximum Gasteiger partial charge on any atom is 0.0209 e. The first-order valence-corrected chi connectivity index (χ1v) is 4.81. The molecule has 0 rings (SSSR count). The minimum atomic E-state index is 0.780. The second kappa shape index (κ2) is 5.47. The molecule has 0 aromatic rings. The third kappa shape index (κ3) is 5.15. The Labute approximate surface area is 72.0 Å². The average Bonchev–Trinajstić information content (AvgIpc) is 1.82. The van der Waals surface area contributed by atoms with Crippen LogP contribution in [0.15, 0.2) is 0 Å². The van der Waals surface area contributed by atoms with Gasteiger partial charge in [-0.25, -0.2) is 0 Å². The molecule has 0 saturated heterocycles. The highest BCUT2D eigenvalue weighted by Crippen LogP contribution is 2.00. The molecule has 0 radical (unpaired) electrons. The van der Waals surface area contributed by atoms with Gasteiger partial charge < -0.3 is 4.90 Å². The lowest BCUT2D eigenvalue weighted by Crippen LogP contribution is -2.28. The Morgan fingerprint density at radius 2 is 1.78 bits per heavy atom. The van der Waals surface area contributed by atoms with Crippen LogP contribution in [0.3, 0.4) is 0 Å². The van der Waals surface area contributed by atoms with Crippen LogP contribution in [0.25, 0.3) is 0 Å². The lowest BCUT2D eigenvalue weighted by Gasteiger charge is -2.18. The van der Waals surface area contributed by atoms with Gasteiger partial charge in [-0.15, -0.1) is 0 Å². The largest absolute Gasteiger partial charge is 0.303 e. The lowest BCUT2D eigenvalue weighted by atomic mass is 10.4. The predicted octanol–water partition coefficient (Wildman–Crippen LogP) is 2.15. The van der Waals surface area contributed by atoms with E-state index in [0.717, 1.165) is 3.92 Å². The second-order valence-corrected chi connectivity index (χ2v) is 4.39. The molecule has 2 heteroatoms. The van der Waals surface area contributed by atoms with Crippen molar-refractivity contribution in [2.24, 2.45) is 0 Å². The van der Waals surface area contributed by atoms with E-state index < -0.39 is 0 Å². The molecule has 0 aliphatic rings. The minimum Gasteiger partial charge on any atom is -0.303 e. The zero-order chi connectivity index (χ0) is 7.28. The van der Waals surface area contributed by atoms with Gasteiger partial charge in [0.2, 0.25) is 0 Å². The fourth-order valence-corrected chi connectivity index (χ4v) is 1.39. The molecule has 0 aliphatic carbocycles. The summed E-state index contributed by atoms with van der Waals surface area (Å²) in [6.45, 7) is 10.3. The van der Waals surface area contributed by atoms with Gasteiger partial charge in [0.15, 0.2) is 0 Å². The summed E-state index contributed by atoms with van der Waals surface area (Å²) in [6.07, 6.45) is 0. The van der Waals surface area contributed by atoms with Crippen LogP contribution in [0.5, 0.6) is 0 Å². The Hall–Kier alpha value is 0.690. The molecule has 0 amide bonds. The van der Waals surface area contributed by atoms with E-state index in [9.17, 15) is 0 Å². The van der Waals surface area contributed by atoms with Crippen molar-refractivity contribution in [1.29, 1.82) is 0 Å². The van der Waals surface area contributed by atoms with Gasteiger partial charge in [0.1, 0.15) is 0 Å². The summed E-state index contributed by atoms with van der Waals surface area (Å²) in [5, 5.41) is 0. The van der Waals surface area contributed by atoms with Gasteiger partial charge in [-0.2, -0.15) is 0 Å². The molecule has 0 aromatic carbocycles. The van der Waals surface area contributed by atoms with Crippen molar-refractivity contribution in [1.82, 2.24) is 4.90 Å². The highest BCUT2D eigenvalue weighted by Gasteiger charge is 2.01. The standard InChI is InChI=1S/C7H16IN/c1-4-9(5-2)6-7(3)8/h7H,4-6H2,1-3H3. The highest BCUT2D eigenvalue weighted by molar-refractivity contribution is 14.1. The van der Waals surface area contributed by atoms with Crippen LogP contribution in [0.2, 0.25) is 0 Å². The summed E-state index contributed by atoms with van der Waals surface area (Å²) in [4.78, 5) is 2.44. The van der Waals surface area contributed by atoms with Crippen LogP contribution in [0, 0.1) is 0 Å². The third-order valence-electron chi connectivity index (χ3n) is 1.40. The zero-order valence-electron chi connectivity index (χ0n) is 6.52. The third-order valence-corrected chi connectivity index (χ3v) is 1.80. The molecule has 0 fully saturated rings. The fourth-order valence-electron chi connectivity index (χ4n) is 0.838. The number of hydrogen-bond donors (Lipinski definition) is 0. The second-order valence-electron chi connectivity index (χ2n) is 2.27. The molecule has 0 bridgehead atoms. The van der Waals surface area contributed by atoms with Crippen molar-refractivity contribution in [3.05, 3.63) is 0 Å². The SMILES string of the molecule is CCN(CC)CC(C)I. The summed E-state index contributed by atoms with van der Waals surface area (Å²) >= 11 is 2.46. The van der Waals surface area contributed by atoms with Crippen molar-refractivity contribution < 1.29 is 0 Å². The number of rotatable bonds is 4. The van der Waals surface area contributed by atoms with E-state index in [1.807, 2.05) is 0 Å². The molecule has 0 saturated carbocycles. The molecule has 9 heavy (non-hydrogen) atoms. The smallest absolute Gasteiger partial charge is 0.0209 e. The summed E-state index contributed by atoms with van der Waals surface area (Å²) in [7, 11) is 0. The van der Waals surface area contributed by atoms with Gasteiger partial charge in [-0.05, 0) is 13.1 Å². The predicted molar refractivity (Wildman–Crippen MR) is 51.3 cm³/mol. The van der Waals surface area contributed by atoms with Crippen molar-refractivity contribution in [2.45, 2.75) is 24.7 Å². The molecule has 1 unspecified atom stereocenters. The normalized spacial score (nSPS) is 14.3. The molecule has 0 aromatic heterocycles. The van der Waals surface area contributed by atoms with Gasteiger partial charge in [-0.3, -0.25) is 0 Å². The van der Waals surface area contributed by atoms with Crippen molar-refractivity contribution in [2.75, 3.05) is 19.6 Å². The Kier molecular flexibility index (Phi) is 5.89. The molecular weight excluding hydrogens is 225 g/mol. The van der Waals surface area contributed by atoms with Crippen molar-refractivity contribution in [3.63, 3.8) is 0 Å². The number of nitrogens with zero attached hydrogens (tertiary/aromatic N) is 1. The quantitative estimate of drug-likeness (QED) is 0.538. The van der Waals surface area contributed by atoms with Crippen LogP contribution in [-0.2, 0) is 0 Å². The van der Waals surface area contributed by atoms with Gasteiger partial charge in [0, 0.05) is 10.5 Å². The topological polar surface area (TPSA) is 3.24 Å². The zero-order valence-corrected chi connectivity index (χ0v) is 8.68. The Morgan fingerprint density at radius 3 is 1.89 bits per heavy atom. The van der Waals surface area contributed by atoms with E-state index in [4.69, 9.17) is 0 Å². The van der Waals surface area contributed by atoms with E-state index in [1.165, 1.54) is 19.6 Å². The average molecular weight is 241 g/mol. The summed E-state index contributed by atoms with van der Waals surface area (Å²) < 4.78 is 0.780. The molecule has 0 heterocycles. The molecule has 0 spiro atoms. The number of alkyl halides is 1. The molecule has 1 atom stereocenters.